The zero-order chi connectivity index (χ0) is 29.0. The highest BCUT2D eigenvalue weighted by atomic mass is 19.4. The van der Waals surface area contributed by atoms with Crippen LogP contribution in [0.3, 0.4) is 0 Å². The molecule has 2 aromatic heterocycles. The molecule has 0 spiro atoms. The normalized spacial score (nSPS) is 15.1. The maximum atomic E-state index is 13.6. The highest BCUT2D eigenvalue weighted by Crippen LogP contribution is 2.37. The van der Waals surface area contributed by atoms with Crippen molar-refractivity contribution >= 4 is 17.4 Å². The van der Waals surface area contributed by atoms with Gasteiger partial charge in [0.2, 0.25) is 5.91 Å². The molecular formula is C28H28F3N7O3. The van der Waals surface area contributed by atoms with E-state index < -0.39 is 17.3 Å². The summed E-state index contributed by atoms with van der Waals surface area (Å²) in [6, 6.07) is 11.1. The number of fused-ring (bicyclic) bond motifs is 1. The highest BCUT2D eigenvalue weighted by Gasteiger charge is 2.39. The van der Waals surface area contributed by atoms with E-state index in [1.54, 1.807) is 12.3 Å². The van der Waals surface area contributed by atoms with Crippen molar-refractivity contribution in [3.05, 3.63) is 80.9 Å². The number of H-pyrrole nitrogens is 1. The van der Waals surface area contributed by atoms with Gasteiger partial charge in [0, 0.05) is 58.5 Å². The summed E-state index contributed by atoms with van der Waals surface area (Å²) >= 11 is 0. The molecule has 0 radical (unpaired) electrons. The van der Waals surface area contributed by atoms with Crippen molar-refractivity contribution in [2.24, 2.45) is 0 Å². The molecule has 0 aliphatic carbocycles. The van der Waals surface area contributed by atoms with Gasteiger partial charge in [0.05, 0.1) is 24.1 Å². The van der Waals surface area contributed by atoms with Crippen LogP contribution in [0.2, 0.25) is 0 Å². The number of nitriles is 1. The van der Waals surface area contributed by atoms with E-state index >= 15 is 0 Å². The first-order chi connectivity index (χ1) is 19.7. The number of anilines is 2. The van der Waals surface area contributed by atoms with Crippen LogP contribution in [0.1, 0.15) is 40.7 Å². The topological polar surface area (TPSA) is 118 Å². The second-order valence-electron chi connectivity index (χ2n) is 9.91. The van der Waals surface area contributed by atoms with Gasteiger partial charge in [-0.3, -0.25) is 9.59 Å². The predicted octanol–water partition coefficient (Wildman–Crippen LogP) is 3.22. The lowest BCUT2D eigenvalue weighted by atomic mass is 10.0. The summed E-state index contributed by atoms with van der Waals surface area (Å²) in [7, 11) is 0. The van der Waals surface area contributed by atoms with E-state index in [0.29, 0.717) is 51.2 Å². The van der Waals surface area contributed by atoms with Gasteiger partial charge in [0.1, 0.15) is 17.5 Å². The fourth-order valence-electron chi connectivity index (χ4n) is 5.19. The van der Waals surface area contributed by atoms with Gasteiger partial charge in [0.15, 0.2) is 0 Å². The molecule has 214 valence electrons. The number of aromatic nitrogens is 3. The molecule has 13 heteroatoms. The van der Waals surface area contributed by atoms with Crippen LogP contribution in [0.4, 0.5) is 24.7 Å². The average Bonchev–Trinajstić information content (AvgIpc) is 3.41. The number of piperazine rings is 1. The summed E-state index contributed by atoms with van der Waals surface area (Å²) in [6.07, 6.45) is -1.33. The Morgan fingerprint density at radius 3 is 2.59 bits per heavy atom. The van der Waals surface area contributed by atoms with Crippen molar-refractivity contribution in [2.75, 3.05) is 42.6 Å². The summed E-state index contributed by atoms with van der Waals surface area (Å²) in [4.78, 5) is 34.3. The van der Waals surface area contributed by atoms with Gasteiger partial charge in [-0.2, -0.15) is 23.5 Å². The van der Waals surface area contributed by atoms with E-state index in [1.807, 2.05) is 34.3 Å². The smallest absolute Gasteiger partial charge is 0.377 e. The molecule has 5 rings (SSSR count). The van der Waals surface area contributed by atoms with Crippen molar-refractivity contribution in [3.63, 3.8) is 0 Å². The first-order valence-electron chi connectivity index (χ1n) is 13.2. The number of ether oxygens (including phenoxy) is 1. The third kappa shape index (κ3) is 6.33. The van der Waals surface area contributed by atoms with Crippen molar-refractivity contribution in [1.82, 2.24) is 20.1 Å². The first kappa shape index (κ1) is 28.1. The van der Waals surface area contributed by atoms with Gasteiger partial charge in [-0.25, -0.2) is 10.1 Å². The third-order valence-electron chi connectivity index (χ3n) is 7.31. The number of nitrogens with one attached hydrogen (secondary N) is 1. The van der Waals surface area contributed by atoms with E-state index in [0.717, 1.165) is 28.7 Å². The Kier molecular flexibility index (Phi) is 8.21. The monoisotopic (exact) mass is 567 g/mol. The molecule has 1 amide bonds. The van der Waals surface area contributed by atoms with Gasteiger partial charge in [-0.05, 0) is 35.2 Å². The molecule has 0 bridgehead atoms. The second kappa shape index (κ2) is 12.0. The van der Waals surface area contributed by atoms with Crippen molar-refractivity contribution < 1.29 is 22.7 Å². The fourth-order valence-corrected chi connectivity index (χ4v) is 5.19. The van der Waals surface area contributed by atoms with Gasteiger partial charge in [0.25, 0.3) is 5.56 Å². The van der Waals surface area contributed by atoms with E-state index in [1.165, 1.54) is 4.90 Å². The Bertz CT molecular complexity index is 1490. The number of nitrogens with zero attached hydrogens (tertiary/aromatic N) is 6. The number of hydrogen-bond acceptors (Lipinski definition) is 8. The molecule has 2 aliphatic rings. The molecule has 41 heavy (non-hydrogen) atoms. The zero-order valence-electron chi connectivity index (χ0n) is 22.2. The lowest BCUT2D eigenvalue weighted by Gasteiger charge is -2.35. The van der Waals surface area contributed by atoms with E-state index in [2.05, 4.69) is 21.1 Å². The largest absolute Gasteiger partial charge is 0.423 e. The molecular weight excluding hydrogens is 539 g/mol. The van der Waals surface area contributed by atoms with Gasteiger partial charge in [-0.1, -0.05) is 18.2 Å². The molecule has 10 nitrogen and oxygen atoms in total. The minimum absolute atomic E-state index is 0.0595. The summed E-state index contributed by atoms with van der Waals surface area (Å²) in [5, 5.41) is 14.4. The van der Waals surface area contributed by atoms with Crippen molar-refractivity contribution in [3.8, 4) is 6.07 Å². The first-order valence-corrected chi connectivity index (χ1v) is 13.2. The number of alkyl halides is 3. The lowest BCUT2D eigenvalue weighted by Crippen LogP contribution is -2.49. The maximum absolute atomic E-state index is 13.6. The molecule has 0 unspecified atom stereocenters. The number of pyridine rings is 1. The number of benzene rings is 1. The number of halogens is 3. The summed E-state index contributed by atoms with van der Waals surface area (Å²) in [5.41, 5.74) is 0.318. The third-order valence-corrected chi connectivity index (χ3v) is 7.31. The SMILES string of the molecule is N#Cc1ccc(N2CCN(C(=O)CCCOCc3cccc4c3CN(c3cn[nH]c(=O)c3C(F)(F)F)C4)CC2)nc1. The van der Waals surface area contributed by atoms with E-state index in [4.69, 9.17) is 10.00 Å². The van der Waals surface area contributed by atoms with Crippen molar-refractivity contribution in [1.29, 1.82) is 5.26 Å². The van der Waals surface area contributed by atoms with E-state index in [-0.39, 0.29) is 31.3 Å². The number of rotatable bonds is 8. The van der Waals surface area contributed by atoms with Gasteiger partial charge >= 0.3 is 6.18 Å². The van der Waals surface area contributed by atoms with Crippen molar-refractivity contribution in [2.45, 2.75) is 38.7 Å². The minimum Gasteiger partial charge on any atom is -0.377 e. The van der Waals surface area contributed by atoms with Crippen LogP contribution in [0.15, 0.2) is 47.5 Å². The molecule has 1 fully saturated rings. The van der Waals surface area contributed by atoms with Gasteiger partial charge < -0.3 is 19.4 Å². The Labute approximate surface area is 234 Å². The molecule has 0 saturated carbocycles. The van der Waals surface area contributed by atoms with Crippen LogP contribution in [-0.4, -0.2) is 58.8 Å². The number of carbonyl (C=O) groups excluding carboxylic acids is 1. The Morgan fingerprint density at radius 2 is 1.88 bits per heavy atom. The number of hydrogen-bond donors (Lipinski definition) is 1. The predicted molar refractivity (Wildman–Crippen MR) is 143 cm³/mol. The summed E-state index contributed by atoms with van der Waals surface area (Å²) in [5.74, 6) is 0.846. The zero-order valence-corrected chi connectivity index (χ0v) is 22.2. The van der Waals surface area contributed by atoms with Gasteiger partial charge in [-0.15, -0.1) is 0 Å². The highest BCUT2D eigenvalue weighted by molar-refractivity contribution is 5.76. The van der Waals surface area contributed by atoms with Crippen LogP contribution in [0, 0.1) is 11.3 Å². The van der Waals surface area contributed by atoms with Crippen LogP contribution in [-0.2, 0) is 35.4 Å². The molecule has 1 aromatic carbocycles. The lowest BCUT2D eigenvalue weighted by molar-refractivity contribution is -0.138. The Balaban J connectivity index is 1.08. The molecule has 0 atom stereocenters. The Hall–Kier alpha value is -4.44. The standard InChI is InChI=1S/C28H28F3N7O3/c29-28(30,31)26-23(15-34-35-27(26)40)38-16-20-3-1-4-21(22(20)17-38)18-41-12-2-5-25(39)37-10-8-36(9-11-37)24-7-6-19(13-32)14-33-24/h1,3-4,6-7,14-15H,2,5,8-12,16-18H2,(H,35,40). The fraction of sp³-hybridized carbons (Fsp3) is 0.393. The molecule has 2 aliphatic heterocycles. The van der Waals surface area contributed by atoms with Crippen LogP contribution >= 0.6 is 0 Å². The number of aromatic amines is 1. The minimum atomic E-state index is -4.81. The molecule has 3 aromatic rings. The molecule has 4 heterocycles. The maximum Gasteiger partial charge on any atom is 0.423 e. The van der Waals surface area contributed by atoms with Crippen LogP contribution < -0.4 is 15.4 Å². The number of amides is 1. The molecule has 1 N–H and O–H groups in total. The molecule has 1 saturated heterocycles. The summed E-state index contributed by atoms with van der Waals surface area (Å²) < 4.78 is 46.5. The summed E-state index contributed by atoms with van der Waals surface area (Å²) in [6.45, 7) is 3.56. The average molecular weight is 568 g/mol. The van der Waals surface area contributed by atoms with Crippen LogP contribution in [0.5, 0.6) is 0 Å². The van der Waals surface area contributed by atoms with E-state index in [9.17, 15) is 22.8 Å². The second-order valence-corrected chi connectivity index (χ2v) is 9.91. The van der Waals surface area contributed by atoms with Crippen LogP contribution in [0.25, 0.3) is 0 Å². The quantitative estimate of drug-likeness (QED) is 0.413. The Morgan fingerprint density at radius 1 is 1.07 bits per heavy atom. The number of carbonyl (C=O) groups is 1.